The van der Waals surface area contributed by atoms with E-state index < -0.39 is 0 Å². The number of carbonyl (C=O) groups is 2. The van der Waals surface area contributed by atoms with Crippen molar-refractivity contribution in [2.75, 3.05) is 11.1 Å². The second-order valence-corrected chi connectivity index (χ2v) is 8.77. The van der Waals surface area contributed by atoms with Gasteiger partial charge in [0.25, 0.3) is 0 Å². The lowest BCUT2D eigenvalue weighted by Gasteiger charge is -2.25. The average Bonchev–Trinajstić information content (AvgIpc) is 2.69. The Labute approximate surface area is 186 Å². The fraction of sp³-hybridized carbons (Fsp3) is 0.190. The third-order valence-electron chi connectivity index (χ3n) is 4.50. The van der Waals surface area contributed by atoms with E-state index in [1.165, 1.54) is 0 Å². The molecule has 29 heavy (non-hydrogen) atoms. The van der Waals surface area contributed by atoms with Crippen LogP contribution < -0.4 is 10.6 Å². The third kappa shape index (κ3) is 5.21. The highest BCUT2D eigenvalue weighted by atomic mass is 79.9. The Bertz CT molecular complexity index is 1050. The topological polar surface area (TPSA) is 82.0 Å². The Morgan fingerprint density at radius 1 is 1.38 bits per heavy atom. The second-order valence-electron chi connectivity index (χ2n) is 6.46. The summed E-state index contributed by atoms with van der Waals surface area (Å²) in [5, 5.41) is 16.3. The first-order valence-corrected chi connectivity index (χ1v) is 10.9. The lowest BCUT2D eigenvalue weighted by Crippen LogP contribution is -2.31. The van der Waals surface area contributed by atoms with Crippen LogP contribution in [-0.4, -0.2) is 17.6 Å². The molecule has 0 aromatic heterocycles. The van der Waals surface area contributed by atoms with Crippen molar-refractivity contribution >= 4 is 56.8 Å². The van der Waals surface area contributed by atoms with Gasteiger partial charge in [0, 0.05) is 27.5 Å². The van der Waals surface area contributed by atoms with E-state index in [2.05, 4.69) is 32.6 Å². The Hall–Kier alpha value is -2.27. The highest BCUT2D eigenvalue weighted by Gasteiger charge is 2.30. The zero-order valence-electron chi connectivity index (χ0n) is 15.5. The fourth-order valence-electron chi connectivity index (χ4n) is 3.01. The van der Waals surface area contributed by atoms with Crippen LogP contribution in [0.25, 0.3) is 0 Å². The van der Waals surface area contributed by atoms with Crippen LogP contribution in [0.4, 0.5) is 5.69 Å². The van der Waals surface area contributed by atoms with Crippen molar-refractivity contribution < 1.29 is 9.59 Å². The van der Waals surface area contributed by atoms with Gasteiger partial charge in [-0.25, -0.2) is 0 Å². The fourth-order valence-corrected chi connectivity index (χ4v) is 4.48. The average molecular weight is 491 g/mol. The van der Waals surface area contributed by atoms with Crippen molar-refractivity contribution in [2.45, 2.75) is 19.3 Å². The smallest absolute Gasteiger partial charge is 0.234 e. The van der Waals surface area contributed by atoms with Crippen LogP contribution in [0.1, 0.15) is 23.5 Å². The number of benzene rings is 2. The molecule has 0 unspecified atom stereocenters. The van der Waals surface area contributed by atoms with Crippen molar-refractivity contribution in [3.8, 4) is 6.07 Å². The zero-order chi connectivity index (χ0) is 21.0. The summed E-state index contributed by atoms with van der Waals surface area (Å²) in [6.45, 7) is 1.82. The Balaban J connectivity index is 1.77. The van der Waals surface area contributed by atoms with Gasteiger partial charge in [-0.3, -0.25) is 9.59 Å². The summed E-state index contributed by atoms with van der Waals surface area (Å²) in [6.07, 6.45) is 0.192. The first-order chi connectivity index (χ1) is 13.9. The second kappa shape index (κ2) is 9.49. The van der Waals surface area contributed by atoms with Gasteiger partial charge in [0.05, 0.1) is 22.4 Å². The molecule has 5 nitrogen and oxygen atoms in total. The molecule has 2 N–H and O–H groups in total. The lowest BCUT2D eigenvalue weighted by atomic mass is 9.87. The monoisotopic (exact) mass is 489 g/mol. The molecule has 0 radical (unpaired) electrons. The molecule has 0 aliphatic carbocycles. The number of rotatable bonds is 5. The van der Waals surface area contributed by atoms with Crippen LogP contribution in [0.2, 0.25) is 5.02 Å². The number of nitriles is 1. The number of carbonyl (C=O) groups excluding carboxylic acids is 2. The molecule has 3 rings (SSSR count). The van der Waals surface area contributed by atoms with E-state index in [9.17, 15) is 14.9 Å². The number of nitrogens with one attached hydrogen (secondary N) is 2. The number of amides is 2. The number of thioether (sulfide) groups is 1. The van der Waals surface area contributed by atoms with Crippen LogP contribution in [0.15, 0.2) is 57.5 Å². The van der Waals surface area contributed by atoms with E-state index >= 15 is 0 Å². The van der Waals surface area contributed by atoms with Gasteiger partial charge >= 0.3 is 0 Å². The normalized spacial score (nSPS) is 16.2. The van der Waals surface area contributed by atoms with Crippen molar-refractivity contribution in [3.63, 3.8) is 0 Å². The van der Waals surface area contributed by atoms with Crippen molar-refractivity contribution in [2.24, 2.45) is 0 Å². The summed E-state index contributed by atoms with van der Waals surface area (Å²) in [4.78, 5) is 24.6. The maximum atomic E-state index is 12.4. The zero-order valence-corrected chi connectivity index (χ0v) is 18.6. The maximum absolute atomic E-state index is 12.4. The molecule has 1 heterocycles. The van der Waals surface area contributed by atoms with Gasteiger partial charge in [-0.05, 0) is 42.3 Å². The Kier molecular flexibility index (Phi) is 7.01. The van der Waals surface area contributed by atoms with Gasteiger partial charge in [0.1, 0.15) is 0 Å². The van der Waals surface area contributed by atoms with Crippen LogP contribution >= 0.6 is 39.3 Å². The predicted octanol–water partition coefficient (Wildman–Crippen LogP) is 5.12. The summed E-state index contributed by atoms with van der Waals surface area (Å²) in [6, 6.07) is 15.1. The first kappa shape index (κ1) is 21.4. The minimum Gasteiger partial charge on any atom is -0.325 e. The van der Waals surface area contributed by atoms with Crippen LogP contribution in [0.5, 0.6) is 0 Å². The summed E-state index contributed by atoms with van der Waals surface area (Å²) in [5.74, 6) is -0.712. The van der Waals surface area contributed by atoms with Gasteiger partial charge < -0.3 is 10.6 Å². The van der Waals surface area contributed by atoms with Crippen molar-refractivity contribution in [3.05, 3.63) is 73.7 Å². The van der Waals surface area contributed by atoms with Crippen LogP contribution in [0.3, 0.4) is 0 Å². The molecule has 0 spiro atoms. The van der Waals surface area contributed by atoms with Crippen LogP contribution in [-0.2, 0) is 9.59 Å². The van der Waals surface area contributed by atoms with E-state index in [-0.39, 0.29) is 29.9 Å². The van der Waals surface area contributed by atoms with Gasteiger partial charge in [0.2, 0.25) is 11.8 Å². The number of nitrogens with zero attached hydrogens (tertiary/aromatic N) is 1. The van der Waals surface area contributed by atoms with E-state index in [1.54, 1.807) is 18.2 Å². The highest BCUT2D eigenvalue weighted by Crippen LogP contribution is 2.36. The molecule has 0 bridgehead atoms. The van der Waals surface area contributed by atoms with Crippen LogP contribution in [0, 0.1) is 18.3 Å². The molecule has 8 heteroatoms. The minimum absolute atomic E-state index is 0.0535. The standard InChI is InChI=1S/C21H17BrClN3O2S/c1-12-17(23)6-3-7-18(12)25-20(28)11-29-21-16(10-24)15(9-19(27)26-21)13-4-2-5-14(22)8-13/h2-8,15H,9,11H2,1H3,(H,25,28)(H,26,27)/t15-/m0/s1. The van der Waals surface area contributed by atoms with E-state index in [1.807, 2.05) is 31.2 Å². The molecule has 2 aromatic rings. The SMILES string of the molecule is Cc1c(Cl)cccc1NC(=O)CSC1=C(C#N)[C@H](c2cccc(Br)c2)CC(=O)N1. The summed E-state index contributed by atoms with van der Waals surface area (Å²) in [7, 11) is 0. The molecule has 1 aliphatic heterocycles. The lowest BCUT2D eigenvalue weighted by molar-refractivity contribution is -0.121. The van der Waals surface area contributed by atoms with Gasteiger partial charge in [0.15, 0.2) is 0 Å². The Morgan fingerprint density at radius 3 is 2.86 bits per heavy atom. The number of allylic oxidation sites excluding steroid dienone is 1. The molecule has 0 saturated carbocycles. The number of hydrogen-bond donors (Lipinski definition) is 2. The van der Waals surface area contributed by atoms with Gasteiger partial charge in [-0.2, -0.15) is 5.26 Å². The van der Waals surface area contributed by atoms with Crippen molar-refractivity contribution in [1.82, 2.24) is 5.32 Å². The number of anilines is 1. The molecule has 148 valence electrons. The maximum Gasteiger partial charge on any atom is 0.234 e. The first-order valence-electron chi connectivity index (χ1n) is 8.76. The molecule has 0 fully saturated rings. The quantitative estimate of drug-likeness (QED) is 0.609. The summed E-state index contributed by atoms with van der Waals surface area (Å²) in [5.41, 5.74) is 2.75. The summed E-state index contributed by atoms with van der Waals surface area (Å²) >= 11 is 10.7. The third-order valence-corrected chi connectivity index (χ3v) is 6.42. The molecule has 2 aromatic carbocycles. The number of halogens is 2. The summed E-state index contributed by atoms with van der Waals surface area (Å²) < 4.78 is 0.878. The minimum atomic E-state index is -0.341. The molecular weight excluding hydrogens is 474 g/mol. The van der Waals surface area contributed by atoms with Crippen molar-refractivity contribution in [1.29, 1.82) is 5.26 Å². The largest absolute Gasteiger partial charge is 0.325 e. The van der Waals surface area contributed by atoms with Gasteiger partial charge in [-0.1, -0.05) is 57.5 Å². The molecule has 2 amide bonds. The number of hydrogen-bond acceptors (Lipinski definition) is 4. The molecular formula is C21H17BrClN3O2S. The highest BCUT2D eigenvalue weighted by molar-refractivity contribution is 9.10. The van der Waals surface area contributed by atoms with Gasteiger partial charge in [-0.15, -0.1) is 0 Å². The molecule has 0 saturated heterocycles. The van der Waals surface area contributed by atoms with E-state index in [4.69, 9.17) is 11.6 Å². The molecule has 1 aliphatic rings. The Morgan fingerprint density at radius 2 is 2.14 bits per heavy atom. The molecule has 1 atom stereocenters. The van der Waals surface area contributed by atoms with E-state index in [0.29, 0.717) is 21.3 Å². The van der Waals surface area contributed by atoms with E-state index in [0.717, 1.165) is 27.4 Å². The predicted molar refractivity (Wildman–Crippen MR) is 120 cm³/mol.